The lowest BCUT2D eigenvalue weighted by Crippen LogP contribution is -2.44. The van der Waals surface area contributed by atoms with E-state index >= 15 is 0 Å². The van der Waals surface area contributed by atoms with Gasteiger partial charge in [-0.2, -0.15) is 11.8 Å². The molecule has 1 aromatic rings. The number of rotatable bonds is 1. The number of nitrogens with one attached hydrogen (secondary N) is 1. The third-order valence-electron chi connectivity index (χ3n) is 4.97. The van der Waals surface area contributed by atoms with Gasteiger partial charge in [-0.15, -0.1) is 0 Å². The fourth-order valence-electron chi connectivity index (χ4n) is 3.88. The van der Waals surface area contributed by atoms with Crippen LogP contribution in [0.15, 0.2) is 24.3 Å². The van der Waals surface area contributed by atoms with Crippen LogP contribution in [0.5, 0.6) is 0 Å². The molecule has 0 radical (unpaired) electrons. The van der Waals surface area contributed by atoms with Crippen LogP contribution in [0.4, 0.5) is 5.69 Å². The minimum atomic E-state index is 0.212. The molecule has 0 amide bonds. The first-order valence-electron chi connectivity index (χ1n) is 7.41. The Hall–Kier alpha value is -0.670. The summed E-state index contributed by atoms with van der Waals surface area (Å²) in [6.07, 6.45) is 4.93. The smallest absolute Gasteiger partial charge is 0.0783 e. The third-order valence-corrected chi connectivity index (χ3v) is 6.19. The van der Waals surface area contributed by atoms with Crippen molar-refractivity contribution in [2.45, 2.75) is 37.3 Å². The maximum absolute atomic E-state index is 6.14. The van der Waals surface area contributed by atoms with Crippen molar-refractivity contribution >= 4 is 17.4 Å². The van der Waals surface area contributed by atoms with Crippen molar-refractivity contribution in [2.75, 3.05) is 23.4 Å². The standard InChI is InChI=1S/C16H21NOS/c1-2-4-14-12(3-1)9-15(17-14)13-5-7-18-16(10-13)6-8-19-11-16/h1-4,13,15,17H,5-11H2. The van der Waals surface area contributed by atoms with Crippen molar-refractivity contribution in [3.8, 4) is 0 Å². The molecule has 1 N–H and O–H groups in total. The average Bonchev–Trinajstić information content (AvgIpc) is 3.05. The molecule has 2 saturated heterocycles. The molecular weight excluding hydrogens is 254 g/mol. The SMILES string of the molecule is c1ccc2c(c1)CC(C1CCOC3(CCSC3)C1)N2. The van der Waals surface area contributed by atoms with Gasteiger partial charge in [-0.1, -0.05) is 18.2 Å². The van der Waals surface area contributed by atoms with E-state index in [0.29, 0.717) is 6.04 Å². The molecule has 102 valence electrons. The molecule has 0 saturated carbocycles. The topological polar surface area (TPSA) is 21.3 Å². The van der Waals surface area contributed by atoms with Crippen LogP contribution < -0.4 is 5.32 Å². The summed E-state index contributed by atoms with van der Waals surface area (Å²) < 4.78 is 6.14. The number of ether oxygens (including phenoxy) is 1. The van der Waals surface area contributed by atoms with Gasteiger partial charge in [-0.05, 0) is 49.0 Å². The molecule has 2 fully saturated rings. The summed E-state index contributed by atoms with van der Waals surface area (Å²) in [5.74, 6) is 3.27. The Kier molecular flexibility index (Phi) is 3.00. The molecule has 1 aromatic carbocycles. The van der Waals surface area contributed by atoms with Gasteiger partial charge in [-0.3, -0.25) is 0 Å². The maximum atomic E-state index is 6.14. The third kappa shape index (κ3) is 2.17. The number of para-hydroxylation sites is 1. The van der Waals surface area contributed by atoms with Crippen LogP contribution >= 0.6 is 11.8 Å². The molecular formula is C16H21NOS. The Balaban J connectivity index is 1.49. The number of anilines is 1. The fourth-order valence-corrected chi connectivity index (χ4v) is 5.26. The quantitative estimate of drug-likeness (QED) is 0.849. The van der Waals surface area contributed by atoms with Gasteiger partial charge in [0.25, 0.3) is 0 Å². The van der Waals surface area contributed by atoms with E-state index in [4.69, 9.17) is 4.74 Å². The van der Waals surface area contributed by atoms with Gasteiger partial charge in [-0.25, -0.2) is 0 Å². The second-order valence-electron chi connectivity index (χ2n) is 6.20. The zero-order valence-electron chi connectivity index (χ0n) is 11.2. The highest BCUT2D eigenvalue weighted by molar-refractivity contribution is 7.99. The average molecular weight is 275 g/mol. The van der Waals surface area contributed by atoms with E-state index in [1.54, 1.807) is 0 Å². The van der Waals surface area contributed by atoms with Crippen molar-refractivity contribution in [3.05, 3.63) is 29.8 Å². The van der Waals surface area contributed by atoms with Crippen molar-refractivity contribution in [1.29, 1.82) is 0 Å². The highest BCUT2D eigenvalue weighted by atomic mass is 32.2. The first-order chi connectivity index (χ1) is 9.35. The lowest BCUT2D eigenvalue weighted by atomic mass is 9.80. The van der Waals surface area contributed by atoms with Gasteiger partial charge in [0, 0.05) is 24.1 Å². The van der Waals surface area contributed by atoms with Gasteiger partial charge in [0.1, 0.15) is 0 Å². The minimum absolute atomic E-state index is 0.212. The van der Waals surface area contributed by atoms with E-state index < -0.39 is 0 Å². The molecule has 3 aliphatic rings. The van der Waals surface area contributed by atoms with Crippen LogP contribution in [0, 0.1) is 5.92 Å². The highest BCUT2D eigenvalue weighted by Gasteiger charge is 2.43. The highest BCUT2D eigenvalue weighted by Crippen LogP contribution is 2.43. The molecule has 3 aliphatic heterocycles. The number of hydrogen-bond acceptors (Lipinski definition) is 3. The van der Waals surface area contributed by atoms with Crippen LogP contribution in [0.25, 0.3) is 0 Å². The molecule has 0 aliphatic carbocycles. The Morgan fingerprint density at radius 1 is 1.32 bits per heavy atom. The van der Waals surface area contributed by atoms with Gasteiger partial charge < -0.3 is 10.1 Å². The molecule has 0 aromatic heterocycles. The molecule has 3 unspecified atom stereocenters. The normalized spacial score (nSPS) is 37.3. The summed E-state index contributed by atoms with van der Waals surface area (Å²) in [4.78, 5) is 0. The molecule has 2 nitrogen and oxygen atoms in total. The van der Waals surface area contributed by atoms with E-state index in [-0.39, 0.29) is 5.60 Å². The number of thioether (sulfide) groups is 1. The summed E-state index contributed by atoms with van der Waals surface area (Å²) >= 11 is 2.07. The second-order valence-corrected chi connectivity index (χ2v) is 7.30. The van der Waals surface area contributed by atoms with Gasteiger partial charge in [0.15, 0.2) is 0 Å². The number of hydrogen-bond donors (Lipinski definition) is 1. The van der Waals surface area contributed by atoms with Crippen molar-refractivity contribution in [2.24, 2.45) is 5.92 Å². The van der Waals surface area contributed by atoms with Crippen LogP contribution in [-0.4, -0.2) is 29.8 Å². The Morgan fingerprint density at radius 3 is 3.11 bits per heavy atom. The van der Waals surface area contributed by atoms with Crippen molar-refractivity contribution < 1.29 is 4.74 Å². The fraction of sp³-hybridized carbons (Fsp3) is 0.625. The molecule has 4 rings (SSSR count). The molecule has 3 heteroatoms. The molecule has 3 heterocycles. The summed E-state index contributed by atoms with van der Waals surface area (Å²) in [5, 5.41) is 3.75. The first-order valence-corrected chi connectivity index (χ1v) is 8.56. The van der Waals surface area contributed by atoms with Gasteiger partial charge in [0.2, 0.25) is 0 Å². The van der Waals surface area contributed by atoms with Crippen molar-refractivity contribution in [3.63, 3.8) is 0 Å². The van der Waals surface area contributed by atoms with Crippen LogP contribution in [0.3, 0.4) is 0 Å². The summed E-state index contributed by atoms with van der Waals surface area (Å²) in [6, 6.07) is 9.40. The van der Waals surface area contributed by atoms with Gasteiger partial charge >= 0.3 is 0 Å². The van der Waals surface area contributed by atoms with E-state index in [0.717, 1.165) is 12.5 Å². The molecule has 19 heavy (non-hydrogen) atoms. The predicted molar refractivity (Wildman–Crippen MR) is 80.9 cm³/mol. The lowest BCUT2D eigenvalue weighted by Gasteiger charge is -2.40. The molecule has 3 atom stereocenters. The summed E-state index contributed by atoms with van der Waals surface area (Å²) in [5.41, 5.74) is 3.06. The van der Waals surface area contributed by atoms with Crippen molar-refractivity contribution in [1.82, 2.24) is 0 Å². The van der Waals surface area contributed by atoms with E-state index in [2.05, 4.69) is 41.3 Å². The van der Waals surface area contributed by atoms with Crippen LogP contribution in [0.1, 0.15) is 24.8 Å². The Bertz CT molecular complexity index is 445. The number of benzene rings is 1. The van der Waals surface area contributed by atoms with Crippen LogP contribution in [0.2, 0.25) is 0 Å². The largest absolute Gasteiger partial charge is 0.381 e. The molecule has 0 bridgehead atoms. The monoisotopic (exact) mass is 275 g/mol. The molecule has 1 spiro atoms. The first kappa shape index (κ1) is 12.1. The van der Waals surface area contributed by atoms with Gasteiger partial charge in [0.05, 0.1) is 5.60 Å². The summed E-state index contributed by atoms with van der Waals surface area (Å²) in [6.45, 7) is 0.958. The van der Waals surface area contributed by atoms with E-state index in [9.17, 15) is 0 Å². The lowest BCUT2D eigenvalue weighted by molar-refractivity contribution is -0.0818. The number of fused-ring (bicyclic) bond motifs is 1. The Labute approximate surface area is 119 Å². The minimum Gasteiger partial charge on any atom is -0.381 e. The maximum Gasteiger partial charge on any atom is 0.0783 e. The zero-order chi connectivity index (χ0) is 12.7. The van der Waals surface area contributed by atoms with E-state index in [1.807, 2.05) is 0 Å². The predicted octanol–water partition coefficient (Wildman–Crippen LogP) is 3.33. The summed E-state index contributed by atoms with van der Waals surface area (Å²) in [7, 11) is 0. The Morgan fingerprint density at radius 2 is 2.26 bits per heavy atom. The zero-order valence-corrected chi connectivity index (χ0v) is 12.0. The second kappa shape index (κ2) is 4.71. The van der Waals surface area contributed by atoms with Crippen LogP contribution in [-0.2, 0) is 11.2 Å². The van der Waals surface area contributed by atoms with E-state index in [1.165, 1.54) is 48.4 Å².